The first-order chi connectivity index (χ1) is 8.36. The van der Waals surface area contributed by atoms with E-state index in [9.17, 15) is 4.79 Å². The van der Waals surface area contributed by atoms with Gasteiger partial charge < -0.3 is 20.4 Å². The number of aromatic nitrogens is 2. The fraction of sp³-hybridized carbons (Fsp3) is 0.636. The van der Waals surface area contributed by atoms with Crippen LogP contribution < -0.4 is 10.6 Å². The van der Waals surface area contributed by atoms with Gasteiger partial charge in [0.2, 0.25) is 5.91 Å². The van der Waals surface area contributed by atoms with Crippen LogP contribution in [-0.4, -0.2) is 48.2 Å². The highest BCUT2D eigenvalue weighted by Gasteiger charge is 2.20. The van der Waals surface area contributed by atoms with Crippen molar-refractivity contribution in [1.82, 2.24) is 20.6 Å². The van der Waals surface area contributed by atoms with Gasteiger partial charge >= 0.3 is 0 Å². The third-order valence-electron chi connectivity index (χ3n) is 2.66. The first kappa shape index (κ1) is 12.1. The lowest BCUT2D eigenvalue weighted by atomic mass is 10.2. The lowest BCUT2D eigenvalue weighted by Crippen LogP contribution is -2.48. The van der Waals surface area contributed by atoms with Crippen molar-refractivity contribution in [1.29, 1.82) is 0 Å². The lowest BCUT2D eigenvalue weighted by molar-refractivity contribution is -0.134. The van der Waals surface area contributed by atoms with Crippen molar-refractivity contribution in [3.05, 3.63) is 18.2 Å². The molecule has 2 heterocycles. The molecule has 0 saturated carbocycles. The molecule has 1 unspecified atom stereocenters. The van der Waals surface area contributed by atoms with E-state index in [4.69, 9.17) is 4.74 Å². The molecule has 0 radical (unpaired) electrons. The molecule has 1 aliphatic rings. The summed E-state index contributed by atoms with van der Waals surface area (Å²) in [5.74, 6) is 0.923. The van der Waals surface area contributed by atoms with Gasteiger partial charge in [-0.1, -0.05) is 0 Å². The van der Waals surface area contributed by atoms with Crippen molar-refractivity contribution >= 4 is 5.91 Å². The number of aryl methyl sites for hydroxylation is 1. The number of H-pyrrole nitrogens is 1. The Morgan fingerprint density at radius 2 is 2.59 bits per heavy atom. The second kappa shape index (κ2) is 6.36. The van der Waals surface area contributed by atoms with Crippen molar-refractivity contribution in [3.63, 3.8) is 0 Å². The molecule has 1 amide bonds. The molecule has 94 valence electrons. The number of rotatable bonds is 5. The molecular formula is C11H18N4O2. The van der Waals surface area contributed by atoms with Crippen molar-refractivity contribution in [2.45, 2.75) is 18.9 Å². The van der Waals surface area contributed by atoms with Gasteiger partial charge in [0.25, 0.3) is 0 Å². The second-order valence-electron chi connectivity index (χ2n) is 3.99. The van der Waals surface area contributed by atoms with Crippen LogP contribution in [0.5, 0.6) is 0 Å². The van der Waals surface area contributed by atoms with Gasteiger partial charge in [-0.3, -0.25) is 4.79 Å². The molecule has 3 N–H and O–H groups in total. The van der Waals surface area contributed by atoms with Crippen molar-refractivity contribution in [2.24, 2.45) is 0 Å². The standard InChI is InChI=1S/C11H18N4O2/c16-11(9-8-12-6-7-17-9)15-3-1-2-10-13-4-5-14-10/h4-5,9,12H,1-3,6-8H2,(H,13,14)(H,15,16). The quantitative estimate of drug-likeness (QED) is 0.601. The molecule has 1 aliphatic heterocycles. The van der Waals surface area contributed by atoms with Gasteiger partial charge in [-0.2, -0.15) is 0 Å². The highest BCUT2D eigenvalue weighted by atomic mass is 16.5. The molecule has 1 atom stereocenters. The van der Waals surface area contributed by atoms with E-state index in [1.807, 2.05) is 0 Å². The summed E-state index contributed by atoms with van der Waals surface area (Å²) in [5.41, 5.74) is 0. The fourth-order valence-electron chi connectivity index (χ4n) is 1.75. The van der Waals surface area contributed by atoms with Crippen LogP contribution in [0.15, 0.2) is 12.4 Å². The van der Waals surface area contributed by atoms with Crippen LogP contribution in [0.2, 0.25) is 0 Å². The van der Waals surface area contributed by atoms with E-state index in [0.717, 1.165) is 25.2 Å². The molecular weight excluding hydrogens is 220 g/mol. The summed E-state index contributed by atoms with van der Waals surface area (Å²) < 4.78 is 5.35. The lowest BCUT2D eigenvalue weighted by Gasteiger charge is -2.22. The Labute approximate surface area is 100 Å². The molecule has 17 heavy (non-hydrogen) atoms. The molecule has 1 saturated heterocycles. The number of hydrogen-bond acceptors (Lipinski definition) is 4. The van der Waals surface area contributed by atoms with Crippen LogP contribution in [0, 0.1) is 0 Å². The summed E-state index contributed by atoms with van der Waals surface area (Å²) in [5, 5.41) is 6.00. The number of carbonyl (C=O) groups is 1. The maximum atomic E-state index is 11.7. The number of nitrogens with zero attached hydrogens (tertiary/aromatic N) is 1. The van der Waals surface area contributed by atoms with Crippen molar-refractivity contribution < 1.29 is 9.53 Å². The fourth-order valence-corrected chi connectivity index (χ4v) is 1.75. The average molecular weight is 238 g/mol. The molecule has 0 aliphatic carbocycles. The Morgan fingerprint density at radius 3 is 3.29 bits per heavy atom. The third kappa shape index (κ3) is 3.83. The van der Waals surface area contributed by atoms with Crippen LogP contribution >= 0.6 is 0 Å². The van der Waals surface area contributed by atoms with Gasteiger partial charge in [-0.05, 0) is 6.42 Å². The Hall–Kier alpha value is -1.40. The van der Waals surface area contributed by atoms with Crippen LogP contribution in [0.4, 0.5) is 0 Å². The Morgan fingerprint density at radius 1 is 1.65 bits per heavy atom. The van der Waals surface area contributed by atoms with Gasteiger partial charge in [0, 0.05) is 38.4 Å². The molecule has 2 rings (SSSR count). The highest BCUT2D eigenvalue weighted by Crippen LogP contribution is 1.97. The number of ether oxygens (including phenoxy) is 1. The maximum Gasteiger partial charge on any atom is 0.250 e. The zero-order chi connectivity index (χ0) is 11.9. The van der Waals surface area contributed by atoms with Crippen LogP contribution in [0.25, 0.3) is 0 Å². The first-order valence-corrected chi connectivity index (χ1v) is 5.94. The number of amides is 1. The van der Waals surface area contributed by atoms with Crippen molar-refractivity contribution in [2.75, 3.05) is 26.2 Å². The summed E-state index contributed by atoms with van der Waals surface area (Å²) in [6, 6.07) is 0. The molecule has 0 spiro atoms. The Balaban J connectivity index is 1.59. The number of aromatic amines is 1. The smallest absolute Gasteiger partial charge is 0.250 e. The summed E-state index contributed by atoms with van der Waals surface area (Å²) in [6.07, 6.45) is 4.91. The second-order valence-corrected chi connectivity index (χ2v) is 3.99. The zero-order valence-electron chi connectivity index (χ0n) is 9.74. The summed E-state index contributed by atoms with van der Waals surface area (Å²) in [7, 11) is 0. The van der Waals surface area contributed by atoms with E-state index >= 15 is 0 Å². The first-order valence-electron chi connectivity index (χ1n) is 5.94. The predicted molar refractivity (Wildman–Crippen MR) is 62.5 cm³/mol. The number of nitrogens with one attached hydrogen (secondary N) is 3. The molecule has 1 aromatic rings. The van der Waals surface area contributed by atoms with E-state index in [-0.39, 0.29) is 12.0 Å². The average Bonchev–Trinajstić information content (AvgIpc) is 2.88. The number of morpholine rings is 1. The SMILES string of the molecule is O=C(NCCCc1ncc[nH]1)C1CNCCO1. The van der Waals surface area contributed by atoms with E-state index in [1.54, 1.807) is 12.4 Å². The third-order valence-corrected chi connectivity index (χ3v) is 2.66. The minimum atomic E-state index is -0.340. The minimum Gasteiger partial charge on any atom is -0.366 e. The largest absolute Gasteiger partial charge is 0.366 e. The number of carbonyl (C=O) groups excluding carboxylic acids is 1. The number of hydrogen-bond donors (Lipinski definition) is 3. The van der Waals surface area contributed by atoms with Gasteiger partial charge in [-0.15, -0.1) is 0 Å². The zero-order valence-corrected chi connectivity index (χ0v) is 9.74. The monoisotopic (exact) mass is 238 g/mol. The van der Waals surface area contributed by atoms with Gasteiger partial charge in [0.05, 0.1) is 6.61 Å². The molecule has 0 aromatic carbocycles. The molecule has 1 aromatic heterocycles. The van der Waals surface area contributed by atoms with E-state index in [0.29, 0.717) is 19.7 Å². The van der Waals surface area contributed by atoms with Crippen LogP contribution in [0.1, 0.15) is 12.2 Å². The highest BCUT2D eigenvalue weighted by molar-refractivity contribution is 5.81. The minimum absolute atomic E-state index is 0.0309. The normalized spacial score (nSPS) is 20.1. The summed E-state index contributed by atoms with van der Waals surface area (Å²) >= 11 is 0. The molecule has 0 bridgehead atoms. The van der Waals surface area contributed by atoms with E-state index in [1.165, 1.54) is 0 Å². The topological polar surface area (TPSA) is 79.0 Å². The van der Waals surface area contributed by atoms with E-state index < -0.39 is 0 Å². The predicted octanol–water partition coefficient (Wildman–Crippen LogP) is -0.553. The van der Waals surface area contributed by atoms with E-state index in [2.05, 4.69) is 20.6 Å². The van der Waals surface area contributed by atoms with Crippen LogP contribution in [0.3, 0.4) is 0 Å². The van der Waals surface area contributed by atoms with Crippen LogP contribution in [-0.2, 0) is 16.0 Å². The Bertz CT molecular complexity index is 333. The number of imidazole rings is 1. The molecule has 6 heteroatoms. The molecule has 6 nitrogen and oxygen atoms in total. The van der Waals surface area contributed by atoms with Gasteiger partial charge in [0.1, 0.15) is 11.9 Å². The van der Waals surface area contributed by atoms with Gasteiger partial charge in [-0.25, -0.2) is 4.98 Å². The van der Waals surface area contributed by atoms with Crippen molar-refractivity contribution in [3.8, 4) is 0 Å². The summed E-state index contributed by atoms with van der Waals surface area (Å²) in [4.78, 5) is 18.8. The summed E-state index contributed by atoms with van der Waals surface area (Å²) in [6.45, 7) is 2.68. The Kier molecular flexibility index (Phi) is 4.52. The molecule has 1 fully saturated rings. The van der Waals surface area contributed by atoms with Gasteiger partial charge in [0.15, 0.2) is 0 Å². The maximum absolute atomic E-state index is 11.7.